The summed E-state index contributed by atoms with van der Waals surface area (Å²) in [6, 6.07) is 9.92. The fourth-order valence-corrected chi connectivity index (χ4v) is 4.33. The van der Waals surface area contributed by atoms with Crippen molar-refractivity contribution < 1.29 is 11.0 Å². The lowest BCUT2D eigenvalue weighted by molar-refractivity contribution is -0.116. The van der Waals surface area contributed by atoms with Crippen molar-refractivity contribution in [1.29, 1.82) is 0 Å². The number of benzene rings is 1. The summed E-state index contributed by atoms with van der Waals surface area (Å²) in [5.74, 6) is 0.810. The number of allylic oxidation sites excluding steroid dienone is 4. The van der Waals surface area contributed by atoms with Crippen molar-refractivity contribution in [3.63, 3.8) is 0 Å². The summed E-state index contributed by atoms with van der Waals surface area (Å²) < 4.78 is 0. The SMILES string of the molecule is C=C/C=C(\C=C)CC(=O)SCCCCCCC(=O)Nc1nc(-c2ccccc2)cs1.[HH]. The number of anilines is 1. The lowest BCUT2D eigenvalue weighted by Crippen LogP contribution is -2.10. The molecular weight excluding hydrogens is 412 g/mol. The van der Waals surface area contributed by atoms with Gasteiger partial charge in [0.25, 0.3) is 0 Å². The Morgan fingerprint density at radius 2 is 1.90 bits per heavy atom. The Morgan fingerprint density at radius 3 is 2.63 bits per heavy atom. The molecular formula is C24H30N2O2S2. The van der Waals surface area contributed by atoms with Crippen LogP contribution in [-0.2, 0) is 9.59 Å². The third kappa shape index (κ3) is 8.93. The Hall–Kier alpha value is -2.44. The number of carbonyl (C=O) groups is 2. The third-order valence-electron chi connectivity index (χ3n) is 4.32. The summed E-state index contributed by atoms with van der Waals surface area (Å²) in [5.41, 5.74) is 2.82. The third-order valence-corrected chi connectivity index (χ3v) is 6.04. The molecule has 4 nitrogen and oxygen atoms in total. The van der Waals surface area contributed by atoms with Crippen LogP contribution in [0.4, 0.5) is 5.13 Å². The molecule has 1 aromatic carbocycles. The zero-order chi connectivity index (χ0) is 21.6. The van der Waals surface area contributed by atoms with E-state index in [1.54, 1.807) is 12.2 Å². The quantitative estimate of drug-likeness (QED) is 0.271. The highest BCUT2D eigenvalue weighted by Gasteiger charge is 2.08. The van der Waals surface area contributed by atoms with Gasteiger partial charge in [0, 0.05) is 31.0 Å². The second-order valence-corrected chi connectivity index (χ2v) is 8.71. The van der Waals surface area contributed by atoms with Crippen molar-refractivity contribution in [2.45, 2.75) is 38.5 Å². The van der Waals surface area contributed by atoms with E-state index in [4.69, 9.17) is 0 Å². The summed E-state index contributed by atoms with van der Waals surface area (Å²) in [6.45, 7) is 7.34. The van der Waals surface area contributed by atoms with Crippen molar-refractivity contribution in [3.8, 4) is 11.3 Å². The van der Waals surface area contributed by atoms with Crippen LogP contribution in [0.15, 0.2) is 72.7 Å². The number of nitrogens with one attached hydrogen (secondary N) is 1. The molecule has 1 amide bonds. The number of aromatic nitrogens is 1. The minimum absolute atomic E-state index is 0. The second-order valence-electron chi connectivity index (χ2n) is 6.69. The van der Waals surface area contributed by atoms with Gasteiger partial charge in [-0.3, -0.25) is 9.59 Å². The fraction of sp³-hybridized carbons (Fsp3) is 0.292. The number of amides is 1. The van der Waals surface area contributed by atoms with E-state index in [2.05, 4.69) is 23.5 Å². The second kappa shape index (κ2) is 13.7. The topological polar surface area (TPSA) is 59.1 Å². The van der Waals surface area contributed by atoms with E-state index in [-0.39, 0.29) is 12.4 Å². The average molecular weight is 443 g/mol. The molecule has 0 atom stereocenters. The van der Waals surface area contributed by atoms with Crippen LogP contribution in [0.5, 0.6) is 0 Å². The predicted octanol–water partition coefficient (Wildman–Crippen LogP) is 6.89. The van der Waals surface area contributed by atoms with Crippen molar-refractivity contribution in [3.05, 3.63) is 72.7 Å². The van der Waals surface area contributed by atoms with Crippen LogP contribution in [-0.4, -0.2) is 21.8 Å². The van der Waals surface area contributed by atoms with Crippen LogP contribution < -0.4 is 5.32 Å². The molecule has 0 unspecified atom stereocenters. The van der Waals surface area contributed by atoms with Crippen molar-refractivity contribution >= 4 is 39.3 Å². The van der Waals surface area contributed by atoms with E-state index >= 15 is 0 Å². The van der Waals surface area contributed by atoms with E-state index in [1.807, 2.05) is 41.8 Å². The maximum absolute atomic E-state index is 12.1. The smallest absolute Gasteiger partial charge is 0.226 e. The Balaban J connectivity index is 0.00000480. The summed E-state index contributed by atoms with van der Waals surface area (Å²) in [5, 5.41) is 5.63. The van der Waals surface area contributed by atoms with Gasteiger partial charge in [-0.25, -0.2) is 4.98 Å². The first-order valence-corrected chi connectivity index (χ1v) is 11.9. The molecule has 0 aliphatic heterocycles. The van der Waals surface area contributed by atoms with E-state index < -0.39 is 0 Å². The Labute approximate surface area is 188 Å². The number of hydrogen-bond donors (Lipinski definition) is 1. The van der Waals surface area contributed by atoms with E-state index in [1.165, 1.54) is 23.1 Å². The van der Waals surface area contributed by atoms with Gasteiger partial charge in [-0.2, -0.15) is 0 Å². The Morgan fingerprint density at radius 1 is 1.13 bits per heavy atom. The first-order chi connectivity index (χ1) is 14.6. The zero-order valence-electron chi connectivity index (χ0n) is 17.1. The Kier molecular flexibility index (Phi) is 10.9. The van der Waals surface area contributed by atoms with Crippen molar-refractivity contribution in [2.24, 2.45) is 0 Å². The lowest BCUT2D eigenvalue weighted by Gasteiger charge is -2.03. The zero-order valence-corrected chi connectivity index (χ0v) is 18.8. The largest absolute Gasteiger partial charge is 0.302 e. The van der Waals surface area contributed by atoms with Crippen molar-refractivity contribution in [1.82, 2.24) is 4.98 Å². The summed E-state index contributed by atoms with van der Waals surface area (Å²) in [4.78, 5) is 28.5. The molecule has 0 radical (unpaired) electrons. The normalized spacial score (nSPS) is 11.1. The fourth-order valence-electron chi connectivity index (χ4n) is 2.75. The number of carbonyl (C=O) groups excluding carboxylic acids is 2. The van der Waals surface area contributed by atoms with Crippen LogP contribution in [0.3, 0.4) is 0 Å². The molecule has 0 saturated heterocycles. The highest BCUT2D eigenvalue weighted by atomic mass is 32.2. The molecule has 2 aromatic rings. The van der Waals surface area contributed by atoms with Gasteiger partial charge >= 0.3 is 0 Å². The van der Waals surface area contributed by atoms with Gasteiger partial charge in [0.1, 0.15) is 0 Å². The molecule has 0 saturated carbocycles. The summed E-state index contributed by atoms with van der Waals surface area (Å²) >= 11 is 2.81. The first-order valence-electron chi connectivity index (χ1n) is 10.0. The lowest BCUT2D eigenvalue weighted by atomic mass is 10.1. The molecule has 0 aliphatic carbocycles. The molecule has 0 aliphatic rings. The molecule has 6 heteroatoms. The van der Waals surface area contributed by atoms with E-state index in [0.717, 1.165) is 48.3 Å². The number of hydrogen-bond acceptors (Lipinski definition) is 5. The number of rotatable bonds is 13. The molecule has 2 rings (SSSR count). The highest BCUT2D eigenvalue weighted by Crippen LogP contribution is 2.24. The van der Waals surface area contributed by atoms with Gasteiger partial charge in [0.2, 0.25) is 5.91 Å². The molecule has 0 spiro atoms. The number of thioether (sulfide) groups is 1. The van der Waals surface area contributed by atoms with E-state index in [9.17, 15) is 9.59 Å². The number of nitrogens with zero attached hydrogens (tertiary/aromatic N) is 1. The standard InChI is InChI=1S/C24H28N2O2S2.H2/c1-3-12-19(4-2)17-23(28)29-16-11-6-5-10-15-22(27)26-24-25-21(18-30-24)20-13-8-7-9-14-20;/h3-4,7-9,12-14,18H,1-2,5-6,10-11,15-17H2,(H,25,26,27);1H/b19-12+;. The molecule has 1 N–H and O–H groups in total. The van der Waals surface area contributed by atoms with Crippen LogP contribution >= 0.6 is 23.1 Å². The monoisotopic (exact) mass is 442 g/mol. The first kappa shape index (κ1) is 23.8. The Bertz CT molecular complexity index is 879. The van der Waals surface area contributed by atoms with Gasteiger partial charge in [0.15, 0.2) is 10.2 Å². The van der Waals surface area contributed by atoms with Gasteiger partial charge in [0.05, 0.1) is 5.69 Å². The minimum atomic E-state index is -0.000486. The predicted molar refractivity (Wildman–Crippen MR) is 132 cm³/mol. The number of unbranched alkanes of at least 4 members (excludes halogenated alkanes) is 3. The van der Waals surface area contributed by atoms with Crippen LogP contribution in [0.25, 0.3) is 11.3 Å². The van der Waals surface area contributed by atoms with E-state index in [0.29, 0.717) is 18.0 Å². The maximum atomic E-state index is 12.1. The summed E-state index contributed by atoms with van der Waals surface area (Å²) in [7, 11) is 0. The molecule has 0 fully saturated rings. The average Bonchev–Trinajstić information content (AvgIpc) is 3.21. The van der Waals surface area contributed by atoms with Crippen LogP contribution in [0.2, 0.25) is 0 Å². The van der Waals surface area contributed by atoms with Gasteiger partial charge in [-0.15, -0.1) is 11.3 Å². The molecule has 0 bridgehead atoms. The molecule has 30 heavy (non-hydrogen) atoms. The van der Waals surface area contributed by atoms with Crippen molar-refractivity contribution in [2.75, 3.05) is 11.1 Å². The molecule has 1 heterocycles. The van der Waals surface area contributed by atoms with Gasteiger partial charge < -0.3 is 5.32 Å². The summed E-state index contributed by atoms with van der Waals surface area (Å²) in [6.07, 6.45) is 9.85. The molecule has 1 aromatic heterocycles. The minimum Gasteiger partial charge on any atom is -0.302 e. The maximum Gasteiger partial charge on any atom is 0.226 e. The van der Waals surface area contributed by atoms with Crippen LogP contribution in [0.1, 0.15) is 40.0 Å². The molecule has 160 valence electrons. The highest BCUT2D eigenvalue weighted by molar-refractivity contribution is 8.13. The number of thiazole rings is 1. The van der Waals surface area contributed by atoms with Crippen LogP contribution in [0, 0.1) is 0 Å². The van der Waals surface area contributed by atoms with Gasteiger partial charge in [-0.1, -0.05) is 86.3 Å². The van der Waals surface area contributed by atoms with Gasteiger partial charge in [-0.05, 0) is 18.4 Å².